The molecule has 92 valence electrons. The zero-order valence-electron chi connectivity index (χ0n) is 11.0. The molecule has 0 saturated carbocycles. The largest absolute Gasteiger partial charge is 0.320 e. The van der Waals surface area contributed by atoms with Gasteiger partial charge in [0.25, 0.3) is 0 Å². The van der Waals surface area contributed by atoms with Crippen LogP contribution in [-0.4, -0.2) is 38.6 Å². The van der Waals surface area contributed by atoms with E-state index < -0.39 is 0 Å². The summed E-state index contributed by atoms with van der Waals surface area (Å²) in [4.78, 5) is 2.48. The van der Waals surface area contributed by atoms with Crippen LogP contribution in [0.15, 0.2) is 0 Å². The number of nitrogens with zero attached hydrogens (tertiary/aromatic N) is 1. The van der Waals surface area contributed by atoms with E-state index in [1.54, 1.807) is 0 Å². The van der Waals surface area contributed by atoms with Crippen LogP contribution in [0.1, 0.15) is 51.9 Å². The first kappa shape index (κ1) is 14.9. The number of hydrogen-bond acceptors (Lipinski definition) is 2. The van der Waals surface area contributed by atoms with Crippen molar-refractivity contribution >= 4 is 0 Å². The molecule has 0 aliphatic heterocycles. The van der Waals surface area contributed by atoms with Crippen molar-refractivity contribution in [1.29, 1.82) is 0 Å². The second-order valence-electron chi connectivity index (χ2n) is 4.53. The fourth-order valence-corrected chi connectivity index (χ4v) is 1.78. The lowest BCUT2D eigenvalue weighted by molar-refractivity contribution is 0.315. The Kier molecular flexibility index (Phi) is 11.9. The summed E-state index contributed by atoms with van der Waals surface area (Å²) in [6, 6.07) is 0. The number of rotatable bonds is 11. The molecule has 0 unspecified atom stereocenters. The second kappa shape index (κ2) is 12.0. The van der Waals surface area contributed by atoms with Gasteiger partial charge >= 0.3 is 0 Å². The topological polar surface area (TPSA) is 15.3 Å². The zero-order chi connectivity index (χ0) is 11.4. The van der Waals surface area contributed by atoms with Gasteiger partial charge in [0.15, 0.2) is 0 Å². The predicted molar refractivity (Wildman–Crippen MR) is 69.4 cm³/mol. The molecule has 0 atom stereocenters. The molecule has 0 aliphatic rings. The summed E-state index contributed by atoms with van der Waals surface area (Å²) in [6.07, 6.45) is 9.55. The molecule has 2 nitrogen and oxygen atoms in total. The van der Waals surface area contributed by atoms with Crippen molar-refractivity contribution in [1.82, 2.24) is 10.2 Å². The van der Waals surface area contributed by atoms with Gasteiger partial charge < -0.3 is 10.2 Å². The van der Waals surface area contributed by atoms with Gasteiger partial charge in [-0.3, -0.25) is 0 Å². The van der Waals surface area contributed by atoms with Gasteiger partial charge in [-0.25, -0.2) is 0 Å². The third kappa shape index (κ3) is 11.8. The van der Waals surface area contributed by atoms with E-state index in [1.807, 2.05) is 7.05 Å². The molecule has 0 heterocycles. The van der Waals surface area contributed by atoms with Gasteiger partial charge in [0.05, 0.1) is 0 Å². The Hall–Kier alpha value is -0.0800. The van der Waals surface area contributed by atoms with Crippen LogP contribution in [0.25, 0.3) is 0 Å². The van der Waals surface area contributed by atoms with Gasteiger partial charge in [-0.15, -0.1) is 0 Å². The Labute approximate surface area is 96.4 Å². The van der Waals surface area contributed by atoms with Gasteiger partial charge in [0.1, 0.15) is 0 Å². The molecular weight excluding hydrogens is 184 g/mol. The summed E-state index contributed by atoms with van der Waals surface area (Å²) in [5, 5.41) is 3.19. The van der Waals surface area contributed by atoms with Crippen LogP contribution in [-0.2, 0) is 0 Å². The maximum absolute atomic E-state index is 3.19. The Bertz CT molecular complexity index is 115. The Morgan fingerprint density at radius 1 is 0.867 bits per heavy atom. The summed E-state index contributed by atoms with van der Waals surface area (Å²) in [6.45, 7) is 5.99. The first-order valence-electron chi connectivity index (χ1n) is 6.64. The first-order valence-corrected chi connectivity index (χ1v) is 6.64. The predicted octanol–water partition coefficient (Wildman–Crippen LogP) is 2.89. The normalized spacial score (nSPS) is 11.2. The minimum atomic E-state index is 1.17. The van der Waals surface area contributed by atoms with Crippen LogP contribution in [0.4, 0.5) is 0 Å². The zero-order valence-corrected chi connectivity index (χ0v) is 11.0. The van der Waals surface area contributed by atoms with Gasteiger partial charge in [-0.1, -0.05) is 32.6 Å². The van der Waals surface area contributed by atoms with Crippen molar-refractivity contribution in [2.24, 2.45) is 0 Å². The molecule has 0 radical (unpaired) electrons. The van der Waals surface area contributed by atoms with Crippen molar-refractivity contribution in [3.63, 3.8) is 0 Å². The summed E-state index contributed by atoms with van der Waals surface area (Å²) in [5.41, 5.74) is 0. The van der Waals surface area contributed by atoms with Crippen molar-refractivity contribution in [3.8, 4) is 0 Å². The quantitative estimate of drug-likeness (QED) is 0.532. The van der Waals surface area contributed by atoms with Crippen molar-refractivity contribution in [2.75, 3.05) is 33.7 Å². The lowest BCUT2D eigenvalue weighted by Crippen LogP contribution is -2.21. The molecule has 0 aliphatic carbocycles. The summed E-state index contributed by atoms with van der Waals surface area (Å²) >= 11 is 0. The van der Waals surface area contributed by atoms with Crippen LogP contribution in [0.3, 0.4) is 0 Å². The fraction of sp³-hybridized carbons (Fsp3) is 1.00. The minimum Gasteiger partial charge on any atom is -0.320 e. The van der Waals surface area contributed by atoms with Crippen LogP contribution in [0.2, 0.25) is 0 Å². The fourth-order valence-electron chi connectivity index (χ4n) is 1.78. The van der Waals surface area contributed by atoms with E-state index in [9.17, 15) is 0 Å². The summed E-state index contributed by atoms with van der Waals surface area (Å²) in [7, 11) is 4.28. The summed E-state index contributed by atoms with van der Waals surface area (Å²) < 4.78 is 0. The van der Waals surface area contributed by atoms with Crippen LogP contribution in [0, 0.1) is 0 Å². The molecule has 0 fully saturated rings. The van der Waals surface area contributed by atoms with Crippen molar-refractivity contribution < 1.29 is 0 Å². The molecule has 2 heteroatoms. The smallest absolute Gasteiger partial charge is 0.00218 e. The Morgan fingerprint density at radius 3 is 2.00 bits per heavy atom. The van der Waals surface area contributed by atoms with E-state index in [2.05, 4.69) is 24.2 Å². The van der Waals surface area contributed by atoms with Crippen LogP contribution in [0.5, 0.6) is 0 Å². The van der Waals surface area contributed by atoms with E-state index in [-0.39, 0.29) is 0 Å². The van der Waals surface area contributed by atoms with Gasteiger partial charge in [-0.2, -0.15) is 0 Å². The van der Waals surface area contributed by atoms with Crippen LogP contribution < -0.4 is 5.32 Å². The highest BCUT2D eigenvalue weighted by atomic mass is 15.1. The van der Waals surface area contributed by atoms with E-state index in [0.717, 1.165) is 0 Å². The molecule has 0 rings (SSSR count). The van der Waals surface area contributed by atoms with E-state index in [4.69, 9.17) is 0 Å². The third-order valence-corrected chi connectivity index (χ3v) is 2.86. The molecule has 0 bridgehead atoms. The molecule has 0 aromatic carbocycles. The molecule has 0 spiro atoms. The molecule has 0 aromatic heterocycles. The minimum absolute atomic E-state index is 1.17. The molecular formula is C13H30N2. The van der Waals surface area contributed by atoms with Gasteiger partial charge in [0.2, 0.25) is 0 Å². The molecule has 0 amide bonds. The highest BCUT2D eigenvalue weighted by molar-refractivity contribution is 4.53. The van der Waals surface area contributed by atoms with Gasteiger partial charge in [0, 0.05) is 0 Å². The lowest BCUT2D eigenvalue weighted by atomic mass is 10.2. The summed E-state index contributed by atoms with van der Waals surface area (Å²) in [5.74, 6) is 0. The molecule has 0 saturated heterocycles. The highest BCUT2D eigenvalue weighted by Crippen LogP contribution is 2.02. The monoisotopic (exact) mass is 214 g/mol. The van der Waals surface area contributed by atoms with E-state index in [0.29, 0.717) is 0 Å². The standard InChI is InChI=1S/C13H30N2/c1-4-5-6-9-12-15(3)13-10-7-8-11-14-2/h14H,4-13H2,1-3H3. The first-order chi connectivity index (χ1) is 7.31. The molecule has 15 heavy (non-hydrogen) atoms. The maximum Gasteiger partial charge on any atom is -0.00218 e. The average Bonchev–Trinajstić information content (AvgIpc) is 2.24. The average molecular weight is 214 g/mol. The third-order valence-electron chi connectivity index (χ3n) is 2.86. The Morgan fingerprint density at radius 2 is 1.47 bits per heavy atom. The van der Waals surface area contributed by atoms with Crippen molar-refractivity contribution in [3.05, 3.63) is 0 Å². The van der Waals surface area contributed by atoms with Crippen LogP contribution >= 0.6 is 0 Å². The Balaban J connectivity index is 3.08. The highest BCUT2D eigenvalue weighted by Gasteiger charge is 1.97. The molecule has 0 aromatic rings. The molecule has 1 N–H and O–H groups in total. The second-order valence-corrected chi connectivity index (χ2v) is 4.53. The number of hydrogen-bond donors (Lipinski definition) is 1. The van der Waals surface area contributed by atoms with E-state index in [1.165, 1.54) is 64.6 Å². The van der Waals surface area contributed by atoms with E-state index >= 15 is 0 Å². The maximum atomic E-state index is 3.19. The van der Waals surface area contributed by atoms with Gasteiger partial charge in [-0.05, 0) is 53.0 Å². The number of unbranched alkanes of at least 4 members (excludes halogenated alkanes) is 5. The lowest BCUT2D eigenvalue weighted by Gasteiger charge is -2.16. The number of nitrogens with one attached hydrogen (secondary N) is 1. The van der Waals surface area contributed by atoms with Crippen molar-refractivity contribution in [2.45, 2.75) is 51.9 Å². The SMILES string of the molecule is CCCCCCN(C)CCCCCNC.